The largest absolute Gasteiger partial charge is 0.240 e. The van der Waals surface area contributed by atoms with Gasteiger partial charge in [0.1, 0.15) is 0 Å². The van der Waals surface area contributed by atoms with Gasteiger partial charge in [0.15, 0.2) is 0 Å². The Balaban J connectivity index is 2.77. The first-order chi connectivity index (χ1) is 7.95. The van der Waals surface area contributed by atoms with Crippen LogP contribution in [-0.4, -0.2) is 15.0 Å². The number of aryl methyl sites for hydroxylation is 1. The highest BCUT2D eigenvalue weighted by Gasteiger charge is 2.13. The standard InChI is InChI=1S/C13H20NO2S/c1-4-5-12-6-8-13(9-7-12)17(15,16)14-10-11(2)3/h6-9,11,14H,1,4-5,10H2,2-3H3. The smallest absolute Gasteiger partial charge is 0.211 e. The van der Waals surface area contributed by atoms with Crippen LogP contribution in [0.3, 0.4) is 0 Å². The van der Waals surface area contributed by atoms with Crippen LogP contribution >= 0.6 is 0 Å². The van der Waals surface area contributed by atoms with E-state index in [2.05, 4.69) is 11.6 Å². The van der Waals surface area contributed by atoms with Crippen molar-refractivity contribution in [3.05, 3.63) is 36.8 Å². The summed E-state index contributed by atoms with van der Waals surface area (Å²) in [6, 6.07) is 6.98. The van der Waals surface area contributed by atoms with Crippen molar-refractivity contribution in [2.24, 2.45) is 5.92 Å². The number of nitrogens with one attached hydrogen (secondary N) is 1. The average molecular weight is 254 g/mol. The molecule has 0 saturated carbocycles. The summed E-state index contributed by atoms with van der Waals surface area (Å²) in [5.41, 5.74) is 1.11. The molecule has 0 aliphatic carbocycles. The Bertz CT molecular complexity index is 435. The van der Waals surface area contributed by atoms with Gasteiger partial charge < -0.3 is 0 Å². The molecule has 0 fully saturated rings. The van der Waals surface area contributed by atoms with E-state index in [1.165, 1.54) is 0 Å². The fraction of sp³-hybridized carbons (Fsp3) is 0.462. The van der Waals surface area contributed by atoms with Gasteiger partial charge in [0.05, 0.1) is 4.90 Å². The molecule has 0 heterocycles. The second-order valence-electron chi connectivity index (χ2n) is 4.49. The van der Waals surface area contributed by atoms with Crippen molar-refractivity contribution in [3.63, 3.8) is 0 Å². The molecule has 17 heavy (non-hydrogen) atoms. The van der Waals surface area contributed by atoms with Gasteiger partial charge in [-0.1, -0.05) is 32.9 Å². The second kappa shape index (κ2) is 6.17. The highest BCUT2D eigenvalue weighted by molar-refractivity contribution is 7.89. The van der Waals surface area contributed by atoms with Gasteiger partial charge in [-0.05, 0) is 36.5 Å². The molecule has 0 aromatic heterocycles. The van der Waals surface area contributed by atoms with Gasteiger partial charge in [0, 0.05) is 6.54 Å². The summed E-state index contributed by atoms with van der Waals surface area (Å²) in [5, 5.41) is 0. The molecular weight excluding hydrogens is 234 g/mol. The Morgan fingerprint density at radius 3 is 2.29 bits per heavy atom. The zero-order valence-electron chi connectivity index (χ0n) is 10.4. The first-order valence-electron chi connectivity index (χ1n) is 5.83. The molecule has 0 bridgehead atoms. The summed E-state index contributed by atoms with van der Waals surface area (Å²) in [4.78, 5) is 0.325. The van der Waals surface area contributed by atoms with Crippen LogP contribution in [0.2, 0.25) is 0 Å². The average Bonchev–Trinajstić information content (AvgIpc) is 2.28. The van der Waals surface area contributed by atoms with Crippen LogP contribution in [0.25, 0.3) is 0 Å². The van der Waals surface area contributed by atoms with Crippen LogP contribution in [0.15, 0.2) is 29.2 Å². The summed E-state index contributed by atoms with van der Waals surface area (Å²) in [6.45, 7) is 8.18. The van der Waals surface area contributed by atoms with Crippen molar-refractivity contribution in [1.29, 1.82) is 0 Å². The molecule has 1 aromatic carbocycles. The molecule has 1 N–H and O–H groups in total. The molecule has 1 aromatic rings. The fourth-order valence-electron chi connectivity index (χ4n) is 1.40. The van der Waals surface area contributed by atoms with Crippen LogP contribution in [0.5, 0.6) is 0 Å². The summed E-state index contributed by atoms with van der Waals surface area (Å²) in [6.07, 6.45) is 1.69. The van der Waals surface area contributed by atoms with Gasteiger partial charge >= 0.3 is 0 Å². The summed E-state index contributed by atoms with van der Waals surface area (Å²) >= 11 is 0. The van der Waals surface area contributed by atoms with E-state index in [0.29, 0.717) is 17.4 Å². The minimum absolute atomic E-state index is 0.301. The van der Waals surface area contributed by atoms with Crippen molar-refractivity contribution in [3.8, 4) is 0 Å². The number of hydrogen-bond acceptors (Lipinski definition) is 2. The second-order valence-corrected chi connectivity index (χ2v) is 6.26. The van der Waals surface area contributed by atoms with Gasteiger partial charge in [0.25, 0.3) is 0 Å². The molecule has 0 amide bonds. The van der Waals surface area contributed by atoms with Crippen LogP contribution in [0.4, 0.5) is 0 Å². The summed E-state index contributed by atoms with van der Waals surface area (Å²) in [5.74, 6) is 0.301. The minimum atomic E-state index is -3.35. The van der Waals surface area contributed by atoms with E-state index in [0.717, 1.165) is 18.4 Å². The molecule has 4 heteroatoms. The molecule has 0 unspecified atom stereocenters. The van der Waals surface area contributed by atoms with Crippen LogP contribution in [0, 0.1) is 12.8 Å². The molecule has 3 nitrogen and oxygen atoms in total. The fourth-order valence-corrected chi connectivity index (χ4v) is 2.61. The van der Waals surface area contributed by atoms with Gasteiger partial charge in [-0.25, -0.2) is 13.1 Å². The third-order valence-electron chi connectivity index (χ3n) is 2.38. The van der Waals surface area contributed by atoms with E-state index in [-0.39, 0.29) is 0 Å². The molecule has 0 spiro atoms. The number of hydrogen-bond donors (Lipinski definition) is 1. The van der Waals surface area contributed by atoms with Crippen LogP contribution in [-0.2, 0) is 16.4 Å². The molecule has 1 rings (SSSR count). The van der Waals surface area contributed by atoms with Crippen LogP contribution < -0.4 is 4.72 Å². The Hall–Kier alpha value is -0.870. The third-order valence-corrected chi connectivity index (χ3v) is 3.82. The minimum Gasteiger partial charge on any atom is -0.211 e. The van der Waals surface area contributed by atoms with Crippen molar-refractivity contribution in [2.45, 2.75) is 31.6 Å². The van der Waals surface area contributed by atoms with E-state index in [1.807, 2.05) is 26.0 Å². The number of benzene rings is 1. The summed E-state index contributed by atoms with van der Waals surface area (Å²) < 4.78 is 26.4. The van der Waals surface area contributed by atoms with E-state index < -0.39 is 10.0 Å². The maximum Gasteiger partial charge on any atom is 0.240 e. The zero-order valence-corrected chi connectivity index (χ0v) is 11.3. The van der Waals surface area contributed by atoms with Gasteiger partial charge in [-0.3, -0.25) is 0 Å². The van der Waals surface area contributed by atoms with Gasteiger partial charge in [-0.15, -0.1) is 0 Å². The van der Waals surface area contributed by atoms with Crippen molar-refractivity contribution < 1.29 is 8.42 Å². The monoisotopic (exact) mass is 254 g/mol. The molecule has 0 atom stereocenters. The SMILES string of the molecule is [CH2]CCc1ccc(S(=O)(=O)NCC(C)C)cc1. The molecule has 0 aliphatic heterocycles. The van der Waals surface area contributed by atoms with Crippen molar-refractivity contribution in [1.82, 2.24) is 4.72 Å². The Morgan fingerprint density at radius 1 is 1.24 bits per heavy atom. The Kier molecular flexibility index (Phi) is 5.15. The molecule has 0 aliphatic rings. The van der Waals surface area contributed by atoms with E-state index in [4.69, 9.17) is 0 Å². The normalized spacial score (nSPS) is 12.0. The lowest BCUT2D eigenvalue weighted by molar-refractivity contribution is 0.560. The quantitative estimate of drug-likeness (QED) is 0.847. The van der Waals surface area contributed by atoms with Crippen LogP contribution in [0.1, 0.15) is 25.8 Å². The maximum absolute atomic E-state index is 11.9. The molecule has 1 radical (unpaired) electrons. The van der Waals surface area contributed by atoms with E-state index in [1.54, 1.807) is 12.1 Å². The lowest BCUT2D eigenvalue weighted by atomic mass is 10.1. The van der Waals surface area contributed by atoms with E-state index >= 15 is 0 Å². The Morgan fingerprint density at radius 2 is 1.82 bits per heavy atom. The predicted octanol–water partition coefficient (Wildman–Crippen LogP) is 2.39. The predicted molar refractivity (Wildman–Crippen MR) is 70.1 cm³/mol. The first kappa shape index (κ1) is 14.2. The maximum atomic E-state index is 11.9. The highest BCUT2D eigenvalue weighted by Crippen LogP contribution is 2.11. The lowest BCUT2D eigenvalue weighted by Gasteiger charge is -2.09. The van der Waals surface area contributed by atoms with E-state index in [9.17, 15) is 8.42 Å². The number of sulfonamides is 1. The van der Waals surface area contributed by atoms with Crippen molar-refractivity contribution in [2.75, 3.05) is 6.54 Å². The highest BCUT2D eigenvalue weighted by atomic mass is 32.2. The summed E-state index contributed by atoms with van der Waals surface area (Å²) in [7, 11) is -3.35. The van der Waals surface area contributed by atoms with Gasteiger partial charge in [0.2, 0.25) is 10.0 Å². The molecular formula is C13H20NO2S. The van der Waals surface area contributed by atoms with Gasteiger partial charge in [-0.2, -0.15) is 0 Å². The first-order valence-corrected chi connectivity index (χ1v) is 7.32. The Labute approximate surface area is 104 Å². The topological polar surface area (TPSA) is 46.2 Å². The molecule has 0 saturated heterocycles. The third kappa shape index (κ3) is 4.48. The molecule has 95 valence electrons. The van der Waals surface area contributed by atoms with Crippen molar-refractivity contribution >= 4 is 10.0 Å². The zero-order chi connectivity index (χ0) is 12.9. The lowest BCUT2D eigenvalue weighted by Crippen LogP contribution is -2.27. The number of rotatable bonds is 6.